The zero-order valence-corrected chi connectivity index (χ0v) is 10.2. The Balaban J connectivity index is 4.21. The van der Waals surface area contributed by atoms with Gasteiger partial charge in [-0.1, -0.05) is 43.6 Å². The smallest absolute Gasteiger partial charge is 0.328 e. The van der Waals surface area contributed by atoms with Crippen molar-refractivity contribution >= 4 is 14.0 Å². The van der Waals surface area contributed by atoms with E-state index in [4.69, 9.17) is 5.11 Å². The van der Waals surface area contributed by atoms with Gasteiger partial charge in [-0.3, -0.25) is 0 Å². The van der Waals surface area contributed by atoms with Gasteiger partial charge in [0.05, 0.1) is 8.07 Å². The van der Waals surface area contributed by atoms with Crippen molar-refractivity contribution in [2.24, 2.45) is 0 Å². The highest BCUT2D eigenvalue weighted by Crippen LogP contribution is 2.02. The third-order valence-corrected chi connectivity index (χ3v) is 2.61. The summed E-state index contributed by atoms with van der Waals surface area (Å²) in [5.74, 6) is -0.902. The Morgan fingerprint density at radius 1 is 1.21 bits per heavy atom. The van der Waals surface area contributed by atoms with Crippen LogP contribution in [0.5, 0.6) is 0 Å². The van der Waals surface area contributed by atoms with Crippen molar-refractivity contribution in [2.75, 3.05) is 0 Å². The van der Waals surface area contributed by atoms with Crippen LogP contribution in [0, 0.1) is 0 Å². The van der Waals surface area contributed by atoms with Crippen molar-refractivity contribution in [2.45, 2.75) is 26.6 Å². The number of hydrogen-bond acceptors (Lipinski definition) is 1. The van der Waals surface area contributed by atoms with Crippen molar-refractivity contribution in [3.8, 4) is 0 Å². The topological polar surface area (TPSA) is 37.3 Å². The van der Waals surface area contributed by atoms with Crippen LogP contribution in [0.2, 0.25) is 19.6 Å². The van der Waals surface area contributed by atoms with Crippen LogP contribution in [0.3, 0.4) is 0 Å². The number of carboxylic acids is 1. The van der Waals surface area contributed by atoms with Crippen molar-refractivity contribution in [3.63, 3.8) is 0 Å². The molecular weight excluding hydrogens is 192 g/mol. The lowest BCUT2D eigenvalue weighted by molar-refractivity contribution is -0.131. The van der Waals surface area contributed by atoms with E-state index < -0.39 is 14.0 Å². The molecule has 0 bridgehead atoms. The van der Waals surface area contributed by atoms with Gasteiger partial charge in [0, 0.05) is 6.08 Å². The van der Waals surface area contributed by atoms with Crippen molar-refractivity contribution < 1.29 is 9.90 Å². The minimum Gasteiger partial charge on any atom is -0.478 e. The minimum atomic E-state index is -1.13. The van der Waals surface area contributed by atoms with Gasteiger partial charge in [-0.15, -0.1) is 0 Å². The summed E-state index contributed by atoms with van der Waals surface area (Å²) in [7, 11) is -1.13. The second kappa shape index (κ2) is 5.60. The molecule has 0 aliphatic carbocycles. The van der Waals surface area contributed by atoms with E-state index in [0.717, 1.165) is 5.57 Å². The van der Waals surface area contributed by atoms with Crippen LogP contribution < -0.4 is 0 Å². The number of carboxylic acid groups (broad SMARTS) is 1. The molecule has 0 aliphatic rings. The number of allylic oxidation sites excluding steroid dienone is 4. The fourth-order valence-corrected chi connectivity index (χ4v) is 1.48. The van der Waals surface area contributed by atoms with Gasteiger partial charge in [0.15, 0.2) is 0 Å². The molecule has 78 valence electrons. The monoisotopic (exact) mass is 210 g/mol. The van der Waals surface area contributed by atoms with Crippen LogP contribution in [-0.4, -0.2) is 19.1 Å². The van der Waals surface area contributed by atoms with Gasteiger partial charge in [0.2, 0.25) is 0 Å². The Morgan fingerprint density at radius 3 is 2.21 bits per heavy atom. The maximum atomic E-state index is 10.3. The number of hydrogen-bond donors (Lipinski definition) is 1. The van der Waals surface area contributed by atoms with Crippen molar-refractivity contribution in [1.82, 2.24) is 0 Å². The number of rotatable bonds is 4. The first-order valence-electron chi connectivity index (χ1n) is 4.58. The maximum Gasteiger partial charge on any atom is 0.328 e. The summed E-state index contributed by atoms with van der Waals surface area (Å²) < 4.78 is 0. The lowest BCUT2D eigenvalue weighted by Gasteiger charge is -2.06. The molecule has 0 rings (SSSR count). The predicted molar refractivity (Wildman–Crippen MR) is 63.0 cm³/mol. The summed E-state index contributed by atoms with van der Waals surface area (Å²) in [6.45, 7) is 8.51. The van der Waals surface area contributed by atoms with E-state index in [9.17, 15) is 4.79 Å². The van der Waals surface area contributed by atoms with Gasteiger partial charge >= 0.3 is 5.97 Å². The third kappa shape index (κ3) is 9.00. The molecule has 0 saturated heterocycles. The van der Waals surface area contributed by atoms with E-state index >= 15 is 0 Å². The van der Waals surface area contributed by atoms with Crippen LogP contribution in [0.4, 0.5) is 0 Å². The van der Waals surface area contributed by atoms with Crippen LogP contribution in [0.25, 0.3) is 0 Å². The Morgan fingerprint density at radius 2 is 1.79 bits per heavy atom. The standard InChI is InChI=1S/C11H18O2Si/c1-10(9-11(12)13)7-5-6-8-14(2,3)4/h5-9H,1-4H3,(H,12,13)/b7-5+,8-6+,10-9-. The molecule has 0 aliphatic heterocycles. The Hall–Kier alpha value is -1.09. The molecule has 3 heteroatoms. The first-order chi connectivity index (χ1) is 6.31. The zero-order chi connectivity index (χ0) is 11.2. The molecule has 14 heavy (non-hydrogen) atoms. The molecule has 0 aromatic carbocycles. The van der Waals surface area contributed by atoms with E-state index in [0.29, 0.717) is 0 Å². The third-order valence-electron chi connectivity index (χ3n) is 1.42. The van der Waals surface area contributed by atoms with Gasteiger partial charge in [-0.2, -0.15) is 0 Å². The highest BCUT2D eigenvalue weighted by Gasteiger charge is 2.05. The lowest BCUT2D eigenvalue weighted by Crippen LogP contribution is -2.14. The van der Waals surface area contributed by atoms with Gasteiger partial charge in [0.1, 0.15) is 0 Å². The summed E-state index contributed by atoms with van der Waals surface area (Å²) in [6, 6.07) is 0. The number of aliphatic carboxylic acids is 1. The van der Waals surface area contributed by atoms with E-state index in [-0.39, 0.29) is 0 Å². The van der Waals surface area contributed by atoms with Gasteiger partial charge in [-0.05, 0) is 12.5 Å². The second-order valence-electron chi connectivity index (χ2n) is 4.31. The predicted octanol–water partition coefficient (Wildman–Crippen LogP) is 3.01. The van der Waals surface area contributed by atoms with E-state index in [1.54, 1.807) is 13.0 Å². The molecule has 1 N–H and O–H groups in total. The Labute approximate surface area is 86.7 Å². The molecule has 0 saturated carbocycles. The van der Waals surface area contributed by atoms with Crippen molar-refractivity contribution in [3.05, 3.63) is 35.6 Å². The molecule has 0 unspecified atom stereocenters. The molecule has 0 spiro atoms. The summed E-state index contributed by atoms with van der Waals surface area (Å²) in [4.78, 5) is 10.3. The fraction of sp³-hybridized carbons (Fsp3) is 0.364. The second-order valence-corrected chi connectivity index (χ2v) is 9.38. The molecule has 0 aromatic rings. The normalized spacial score (nSPS) is 14.1. The molecule has 0 amide bonds. The Kier molecular flexibility index (Phi) is 5.16. The first-order valence-corrected chi connectivity index (χ1v) is 8.16. The largest absolute Gasteiger partial charge is 0.478 e. The highest BCUT2D eigenvalue weighted by molar-refractivity contribution is 6.80. The maximum absolute atomic E-state index is 10.3. The SMILES string of the molecule is CC(=C/C(=O)O)/C=C/C=C/[Si](C)(C)C. The first kappa shape index (κ1) is 12.9. The number of carbonyl (C=O) groups is 1. The lowest BCUT2D eigenvalue weighted by atomic mass is 10.2. The van der Waals surface area contributed by atoms with E-state index in [2.05, 4.69) is 25.3 Å². The van der Waals surface area contributed by atoms with Crippen LogP contribution >= 0.6 is 0 Å². The molecule has 0 aromatic heterocycles. The highest BCUT2D eigenvalue weighted by atomic mass is 28.3. The van der Waals surface area contributed by atoms with Crippen LogP contribution in [-0.2, 0) is 4.79 Å². The average Bonchev–Trinajstić information content (AvgIpc) is 1.95. The minimum absolute atomic E-state index is 0.748. The fourth-order valence-electron chi connectivity index (χ4n) is 0.794. The summed E-state index contributed by atoms with van der Waals surface area (Å²) in [6.07, 6.45) is 6.86. The molecule has 0 radical (unpaired) electrons. The van der Waals surface area contributed by atoms with Gasteiger partial charge in [-0.25, -0.2) is 4.79 Å². The molecule has 0 heterocycles. The Bertz CT molecular complexity index is 280. The molecular formula is C11H18O2Si. The van der Waals surface area contributed by atoms with Crippen molar-refractivity contribution in [1.29, 1.82) is 0 Å². The average molecular weight is 210 g/mol. The van der Waals surface area contributed by atoms with Crippen LogP contribution in [0.1, 0.15) is 6.92 Å². The van der Waals surface area contributed by atoms with Gasteiger partial charge < -0.3 is 5.11 Å². The summed E-state index contributed by atoms with van der Waals surface area (Å²) >= 11 is 0. The zero-order valence-electron chi connectivity index (χ0n) is 9.24. The molecule has 0 atom stereocenters. The summed E-state index contributed by atoms with van der Waals surface area (Å²) in [5.41, 5.74) is 2.95. The summed E-state index contributed by atoms with van der Waals surface area (Å²) in [5, 5.41) is 8.45. The van der Waals surface area contributed by atoms with Crippen LogP contribution in [0.15, 0.2) is 35.6 Å². The molecule has 2 nitrogen and oxygen atoms in total. The molecule has 0 fully saturated rings. The van der Waals surface area contributed by atoms with Gasteiger partial charge in [0.25, 0.3) is 0 Å². The quantitative estimate of drug-likeness (QED) is 0.440. The van der Waals surface area contributed by atoms with E-state index in [1.165, 1.54) is 6.08 Å². The van der Waals surface area contributed by atoms with E-state index in [1.807, 2.05) is 12.2 Å².